The first kappa shape index (κ1) is 18.5. The zero-order valence-corrected chi connectivity index (χ0v) is 14.0. The Labute approximate surface area is 144 Å². The summed E-state index contributed by atoms with van der Waals surface area (Å²) in [7, 11) is 1.36. The molecule has 0 radical (unpaired) electrons. The molecule has 25 heavy (non-hydrogen) atoms. The summed E-state index contributed by atoms with van der Waals surface area (Å²) in [6.07, 6.45) is 0.876. The first-order chi connectivity index (χ1) is 12.0. The third-order valence-electron chi connectivity index (χ3n) is 3.45. The minimum atomic E-state index is -2.96. The summed E-state index contributed by atoms with van der Waals surface area (Å²) in [4.78, 5) is 12.0. The van der Waals surface area contributed by atoms with E-state index in [0.29, 0.717) is 11.4 Å². The molecule has 2 aromatic carbocycles. The van der Waals surface area contributed by atoms with E-state index in [4.69, 9.17) is 4.74 Å². The number of aryl methyl sites for hydroxylation is 1. The molecule has 0 aliphatic heterocycles. The van der Waals surface area contributed by atoms with Gasteiger partial charge in [0.1, 0.15) is 0 Å². The topological polar surface area (TPSA) is 59.6 Å². The average Bonchev–Trinajstić information content (AvgIpc) is 2.60. The molecule has 2 N–H and O–H groups in total. The Morgan fingerprint density at radius 2 is 1.92 bits per heavy atom. The zero-order valence-electron chi connectivity index (χ0n) is 14.0. The van der Waals surface area contributed by atoms with E-state index >= 15 is 0 Å². The van der Waals surface area contributed by atoms with Crippen LogP contribution in [0, 0.1) is 0 Å². The molecular weight excluding hydrogens is 330 g/mol. The summed E-state index contributed by atoms with van der Waals surface area (Å²) in [6.45, 7) is -0.944. The van der Waals surface area contributed by atoms with Crippen LogP contribution in [0.2, 0.25) is 0 Å². The van der Waals surface area contributed by atoms with Gasteiger partial charge < -0.3 is 20.1 Å². The van der Waals surface area contributed by atoms with Crippen LogP contribution in [0.5, 0.6) is 11.5 Å². The summed E-state index contributed by atoms with van der Waals surface area (Å²) in [5.74, 6) is -0.161. The molecule has 0 aliphatic rings. The summed E-state index contributed by atoms with van der Waals surface area (Å²) in [6, 6.07) is 12.0. The highest BCUT2D eigenvalue weighted by molar-refractivity contribution is 5.93. The second kappa shape index (κ2) is 8.86. The SMILES string of the molecule is CCc1cccc(NC(=O)CNc2ccc(OC)c(OC(F)F)c2)c1. The molecule has 0 saturated carbocycles. The van der Waals surface area contributed by atoms with E-state index in [9.17, 15) is 13.6 Å². The van der Waals surface area contributed by atoms with E-state index in [0.717, 1.165) is 12.0 Å². The number of alkyl halides is 2. The maximum atomic E-state index is 12.4. The number of halogens is 2. The lowest BCUT2D eigenvalue weighted by molar-refractivity contribution is -0.114. The molecular formula is C18H20F2N2O3. The number of benzene rings is 2. The van der Waals surface area contributed by atoms with E-state index in [-0.39, 0.29) is 24.0 Å². The predicted octanol–water partition coefficient (Wildman–Crippen LogP) is 3.91. The molecule has 2 rings (SSSR count). The molecule has 7 heteroatoms. The average molecular weight is 350 g/mol. The molecule has 0 fully saturated rings. The Bertz CT molecular complexity index is 723. The van der Waals surface area contributed by atoms with Gasteiger partial charge in [-0.3, -0.25) is 4.79 Å². The van der Waals surface area contributed by atoms with Crippen LogP contribution in [0.1, 0.15) is 12.5 Å². The Balaban J connectivity index is 1.96. The number of carbonyl (C=O) groups excluding carboxylic acids is 1. The lowest BCUT2D eigenvalue weighted by atomic mass is 10.1. The molecule has 0 aliphatic carbocycles. The van der Waals surface area contributed by atoms with Crippen molar-refractivity contribution < 1.29 is 23.0 Å². The van der Waals surface area contributed by atoms with Gasteiger partial charge in [-0.1, -0.05) is 19.1 Å². The number of carbonyl (C=O) groups is 1. The van der Waals surface area contributed by atoms with Crippen molar-refractivity contribution in [2.45, 2.75) is 20.0 Å². The predicted molar refractivity (Wildman–Crippen MR) is 92.6 cm³/mol. The Hall–Kier alpha value is -2.83. The lowest BCUT2D eigenvalue weighted by Crippen LogP contribution is -2.21. The van der Waals surface area contributed by atoms with E-state index in [2.05, 4.69) is 15.4 Å². The highest BCUT2D eigenvalue weighted by Gasteiger charge is 2.12. The standard InChI is InChI=1S/C18H20F2N2O3/c1-3-12-5-4-6-14(9-12)22-17(23)11-21-13-7-8-15(24-2)16(10-13)25-18(19)20/h4-10,18,21H,3,11H2,1-2H3,(H,22,23). The number of methoxy groups -OCH3 is 1. The van der Waals surface area contributed by atoms with Gasteiger partial charge in [0.15, 0.2) is 11.5 Å². The van der Waals surface area contributed by atoms with E-state index in [1.807, 2.05) is 25.1 Å². The molecule has 0 aromatic heterocycles. The smallest absolute Gasteiger partial charge is 0.387 e. The van der Waals surface area contributed by atoms with Crippen molar-refractivity contribution >= 4 is 17.3 Å². The van der Waals surface area contributed by atoms with Gasteiger partial charge in [0.2, 0.25) is 5.91 Å². The fraction of sp³-hybridized carbons (Fsp3) is 0.278. The lowest BCUT2D eigenvalue weighted by Gasteiger charge is -2.13. The van der Waals surface area contributed by atoms with Crippen LogP contribution in [0.3, 0.4) is 0 Å². The largest absolute Gasteiger partial charge is 0.493 e. The minimum Gasteiger partial charge on any atom is -0.493 e. The molecule has 0 heterocycles. The van der Waals surface area contributed by atoms with Crippen LogP contribution < -0.4 is 20.1 Å². The Morgan fingerprint density at radius 3 is 2.60 bits per heavy atom. The zero-order chi connectivity index (χ0) is 18.2. The Kier molecular flexibility index (Phi) is 6.56. The fourth-order valence-corrected chi connectivity index (χ4v) is 2.23. The van der Waals surface area contributed by atoms with Gasteiger partial charge in [-0.05, 0) is 36.2 Å². The fourth-order valence-electron chi connectivity index (χ4n) is 2.23. The van der Waals surface area contributed by atoms with Gasteiger partial charge in [0.25, 0.3) is 0 Å². The van der Waals surface area contributed by atoms with Gasteiger partial charge in [0.05, 0.1) is 13.7 Å². The number of hydrogen-bond acceptors (Lipinski definition) is 4. The first-order valence-electron chi connectivity index (χ1n) is 7.77. The van der Waals surface area contributed by atoms with Gasteiger partial charge >= 0.3 is 6.61 Å². The number of ether oxygens (including phenoxy) is 2. The number of nitrogens with one attached hydrogen (secondary N) is 2. The highest BCUT2D eigenvalue weighted by Crippen LogP contribution is 2.31. The summed E-state index contributed by atoms with van der Waals surface area (Å²) in [5.41, 5.74) is 2.30. The second-order valence-corrected chi connectivity index (χ2v) is 5.20. The maximum Gasteiger partial charge on any atom is 0.387 e. The molecule has 2 aromatic rings. The quantitative estimate of drug-likeness (QED) is 0.758. The van der Waals surface area contributed by atoms with Crippen molar-refractivity contribution in [2.24, 2.45) is 0 Å². The number of rotatable bonds is 8. The molecule has 0 saturated heterocycles. The molecule has 1 amide bonds. The van der Waals surface area contributed by atoms with Crippen LogP contribution >= 0.6 is 0 Å². The normalized spacial score (nSPS) is 10.4. The van der Waals surface area contributed by atoms with Crippen molar-refractivity contribution in [3.63, 3.8) is 0 Å². The van der Waals surface area contributed by atoms with Crippen LogP contribution in [0.15, 0.2) is 42.5 Å². The maximum absolute atomic E-state index is 12.4. The van der Waals surface area contributed by atoms with Gasteiger partial charge in [-0.25, -0.2) is 0 Å². The summed E-state index contributed by atoms with van der Waals surface area (Å²) < 4.78 is 34.2. The third-order valence-corrected chi connectivity index (χ3v) is 3.45. The van der Waals surface area contributed by atoms with Crippen molar-refractivity contribution in [1.82, 2.24) is 0 Å². The monoisotopic (exact) mass is 350 g/mol. The van der Waals surface area contributed by atoms with E-state index in [1.54, 1.807) is 12.1 Å². The molecule has 0 atom stereocenters. The van der Waals surface area contributed by atoms with Gasteiger partial charge in [0, 0.05) is 17.4 Å². The minimum absolute atomic E-state index is 0.0171. The summed E-state index contributed by atoms with van der Waals surface area (Å²) >= 11 is 0. The first-order valence-corrected chi connectivity index (χ1v) is 7.77. The molecule has 0 unspecified atom stereocenters. The number of hydrogen-bond donors (Lipinski definition) is 2. The van der Waals surface area contributed by atoms with Crippen molar-refractivity contribution in [3.8, 4) is 11.5 Å². The van der Waals surface area contributed by atoms with Gasteiger partial charge in [-0.2, -0.15) is 8.78 Å². The Morgan fingerprint density at radius 1 is 1.12 bits per heavy atom. The third kappa shape index (κ3) is 5.63. The second-order valence-electron chi connectivity index (χ2n) is 5.20. The van der Waals surface area contributed by atoms with E-state index in [1.165, 1.54) is 19.2 Å². The number of amides is 1. The molecule has 134 valence electrons. The van der Waals surface area contributed by atoms with Crippen LogP contribution in [0.25, 0.3) is 0 Å². The van der Waals surface area contributed by atoms with Crippen LogP contribution in [-0.4, -0.2) is 26.2 Å². The van der Waals surface area contributed by atoms with Crippen LogP contribution in [0.4, 0.5) is 20.2 Å². The van der Waals surface area contributed by atoms with Crippen molar-refractivity contribution in [3.05, 3.63) is 48.0 Å². The van der Waals surface area contributed by atoms with Gasteiger partial charge in [-0.15, -0.1) is 0 Å². The molecule has 5 nitrogen and oxygen atoms in total. The highest BCUT2D eigenvalue weighted by atomic mass is 19.3. The molecule has 0 bridgehead atoms. The van der Waals surface area contributed by atoms with E-state index < -0.39 is 6.61 Å². The summed E-state index contributed by atoms with van der Waals surface area (Å²) in [5, 5.41) is 5.64. The van der Waals surface area contributed by atoms with Crippen LogP contribution in [-0.2, 0) is 11.2 Å². The van der Waals surface area contributed by atoms with Crippen molar-refractivity contribution in [1.29, 1.82) is 0 Å². The molecule has 0 spiro atoms. The van der Waals surface area contributed by atoms with Crippen molar-refractivity contribution in [2.75, 3.05) is 24.3 Å². The number of anilines is 2.